The number of aliphatic hydroxyl groups is 1. The lowest BCUT2D eigenvalue weighted by atomic mass is 10.1. The van der Waals surface area contributed by atoms with Crippen LogP contribution >= 0.6 is 11.3 Å². The van der Waals surface area contributed by atoms with E-state index in [2.05, 4.69) is 10.5 Å². The first-order valence-electron chi connectivity index (χ1n) is 6.12. The molecular weight excluding hydrogens is 264 g/mol. The van der Waals surface area contributed by atoms with Crippen LogP contribution in [0.5, 0.6) is 0 Å². The number of nitrogens with one attached hydrogen (secondary N) is 1. The van der Waals surface area contributed by atoms with Crippen LogP contribution in [0.25, 0.3) is 10.6 Å². The Morgan fingerprint density at radius 1 is 1.58 bits per heavy atom. The van der Waals surface area contributed by atoms with Crippen LogP contribution in [0.15, 0.2) is 28.1 Å². The molecule has 2 aromatic heterocycles. The Hall–Kier alpha value is -1.66. The lowest BCUT2D eigenvalue weighted by Gasteiger charge is -2.11. The zero-order chi connectivity index (χ0) is 13.3. The van der Waals surface area contributed by atoms with Gasteiger partial charge in [0.05, 0.1) is 11.5 Å². The molecule has 1 aliphatic rings. The van der Waals surface area contributed by atoms with Gasteiger partial charge in [0.2, 0.25) is 0 Å². The molecule has 6 heteroatoms. The highest BCUT2D eigenvalue weighted by Gasteiger charge is 2.42. The summed E-state index contributed by atoms with van der Waals surface area (Å²) in [6.45, 7) is 0.607. The van der Waals surface area contributed by atoms with Crippen LogP contribution in [-0.4, -0.2) is 29.3 Å². The molecule has 0 unspecified atom stereocenters. The molecule has 0 aromatic carbocycles. The van der Waals surface area contributed by atoms with E-state index in [1.165, 1.54) is 11.3 Å². The van der Waals surface area contributed by atoms with Crippen molar-refractivity contribution in [1.82, 2.24) is 10.5 Å². The number of hydrogen-bond acceptors (Lipinski definition) is 5. The van der Waals surface area contributed by atoms with E-state index in [4.69, 9.17) is 4.52 Å². The first-order valence-corrected chi connectivity index (χ1v) is 7.00. The number of nitrogens with zero attached hydrogens (tertiary/aromatic N) is 1. The van der Waals surface area contributed by atoms with Crippen molar-refractivity contribution in [3.05, 3.63) is 29.3 Å². The predicted octanol–water partition coefficient (Wildman–Crippen LogP) is 1.91. The van der Waals surface area contributed by atoms with E-state index in [1.807, 2.05) is 17.5 Å². The van der Waals surface area contributed by atoms with E-state index in [-0.39, 0.29) is 23.6 Å². The largest absolute Gasteiger partial charge is 0.396 e. The van der Waals surface area contributed by atoms with Gasteiger partial charge in [-0.15, -0.1) is 11.3 Å². The molecule has 3 rings (SSSR count). The molecule has 0 spiro atoms. The second-order valence-corrected chi connectivity index (χ2v) is 5.84. The van der Waals surface area contributed by atoms with Gasteiger partial charge in [-0.25, -0.2) is 0 Å². The fourth-order valence-electron chi connectivity index (χ4n) is 1.84. The summed E-state index contributed by atoms with van der Waals surface area (Å²) in [7, 11) is 0. The van der Waals surface area contributed by atoms with Crippen molar-refractivity contribution in [1.29, 1.82) is 0 Å². The van der Waals surface area contributed by atoms with Crippen LogP contribution in [0.3, 0.4) is 0 Å². The molecule has 0 radical (unpaired) electrons. The van der Waals surface area contributed by atoms with Crippen molar-refractivity contribution >= 4 is 17.2 Å². The number of aliphatic hydroxyl groups excluding tert-OH is 1. The molecule has 100 valence electrons. The van der Waals surface area contributed by atoms with Crippen LogP contribution in [0.1, 0.15) is 23.3 Å². The van der Waals surface area contributed by atoms with E-state index >= 15 is 0 Å². The Bertz CT molecular complexity index is 572. The minimum Gasteiger partial charge on any atom is -0.396 e. The fraction of sp³-hybridized carbons (Fsp3) is 0.385. The molecule has 0 aliphatic heterocycles. The Morgan fingerprint density at radius 3 is 3.05 bits per heavy atom. The standard InChI is InChI=1S/C13H14N2O3S/c16-8-13(3-4-13)7-14-12(17)9-6-10(18-15-9)11-2-1-5-19-11/h1-2,5-6,16H,3-4,7-8H2,(H,14,17). The van der Waals surface area contributed by atoms with Gasteiger partial charge < -0.3 is 14.9 Å². The maximum absolute atomic E-state index is 11.9. The molecule has 2 N–H and O–H groups in total. The van der Waals surface area contributed by atoms with E-state index in [0.717, 1.165) is 17.7 Å². The number of aromatic nitrogens is 1. The Morgan fingerprint density at radius 2 is 2.42 bits per heavy atom. The number of hydrogen-bond donors (Lipinski definition) is 2. The maximum atomic E-state index is 11.9. The van der Waals surface area contributed by atoms with Crippen LogP contribution < -0.4 is 5.32 Å². The SMILES string of the molecule is O=C(NCC1(CO)CC1)c1cc(-c2cccs2)on1. The molecule has 2 heterocycles. The molecule has 0 saturated heterocycles. The first-order chi connectivity index (χ1) is 9.22. The number of rotatable bonds is 5. The van der Waals surface area contributed by atoms with Gasteiger partial charge in [0.25, 0.3) is 5.91 Å². The summed E-state index contributed by atoms with van der Waals surface area (Å²) in [4.78, 5) is 12.9. The first kappa shape index (κ1) is 12.4. The van der Waals surface area contributed by atoms with Crippen molar-refractivity contribution in [3.63, 3.8) is 0 Å². The van der Waals surface area contributed by atoms with Crippen molar-refractivity contribution in [2.24, 2.45) is 5.41 Å². The van der Waals surface area contributed by atoms with Crippen LogP contribution in [0.2, 0.25) is 0 Å². The molecule has 1 fully saturated rings. The summed E-state index contributed by atoms with van der Waals surface area (Å²) >= 11 is 1.53. The van der Waals surface area contributed by atoms with Crippen LogP contribution in [-0.2, 0) is 0 Å². The lowest BCUT2D eigenvalue weighted by Crippen LogP contribution is -2.32. The lowest BCUT2D eigenvalue weighted by molar-refractivity contribution is 0.0926. The number of carbonyl (C=O) groups excluding carboxylic acids is 1. The second-order valence-electron chi connectivity index (χ2n) is 4.89. The van der Waals surface area contributed by atoms with Gasteiger partial charge in [-0.05, 0) is 24.3 Å². The van der Waals surface area contributed by atoms with Crippen LogP contribution in [0, 0.1) is 5.41 Å². The van der Waals surface area contributed by atoms with Crippen molar-refractivity contribution in [3.8, 4) is 10.6 Å². The Labute approximate surface area is 114 Å². The van der Waals surface area contributed by atoms with Gasteiger partial charge in [0.15, 0.2) is 11.5 Å². The van der Waals surface area contributed by atoms with E-state index in [9.17, 15) is 9.90 Å². The quantitative estimate of drug-likeness (QED) is 0.876. The monoisotopic (exact) mass is 278 g/mol. The molecule has 1 amide bonds. The zero-order valence-corrected chi connectivity index (χ0v) is 11.1. The summed E-state index contributed by atoms with van der Waals surface area (Å²) in [5.41, 5.74) is 0.174. The molecule has 2 aromatic rings. The van der Waals surface area contributed by atoms with Crippen LogP contribution in [0.4, 0.5) is 0 Å². The van der Waals surface area contributed by atoms with Gasteiger partial charge in [-0.3, -0.25) is 4.79 Å². The molecule has 0 atom stereocenters. The number of amides is 1. The van der Waals surface area contributed by atoms with Crippen molar-refractivity contribution < 1.29 is 14.4 Å². The zero-order valence-electron chi connectivity index (χ0n) is 10.3. The minimum atomic E-state index is -0.258. The van der Waals surface area contributed by atoms with Gasteiger partial charge >= 0.3 is 0 Å². The minimum absolute atomic E-state index is 0.101. The normalized spacial score (nSPS) is 16.3. The molecule has 5 nitrogen and oxygen atoms in total. The molecule has 19 heavy (non-hydrogen) atoms. The topological polar surface area (TPSA) is 75.4 Å². The Balaban J connectivity index is 1.64. The van der Waals surface area contributed by atoms with E-state index < -0.39 is 0 Å². The van der Waals surface area contributed by atoms with Gasteiger partial charge in [-0.2, -0.15) is 0 Å². The van der Waals surface area contributed by atoms with Crippen molar-refractivity contribution in [2.75, 3.05) is 13.2 Å². The third kappa shape index (κ3) is 2.54. The van der Waals surface area contributed by atoms with Gasteiger partial charge in [-0.1, -0.05) is 11.2 Å². The number of carbonyl (C=O) groups is 1. The van der Waals surface area contributed by atoms with E-state index in [0.29, 0.717) is 12.3 Å². The second kappa shape index (κ2) is 4.79. The summed E-state index contributed by atoms with van der Waals surface area (Å²) in [5.74, 6) is 0.342. The fourth-order valence-corrected chi connectivity index (χ4v) is 2.52. The molecule has 0 bridgehead atoms. The summed E-state index contributed by atoms with van der Waals surface area (Å²) in [5, 5.41) is 17.7. The smallest absolute Gasteiger partial charge is 0.273 e. The number of thiophene rings is 1. The highest BCUT2D eigenvalue weighted by molar-refractivity contribution is 7.13. The van der Waals surface area contributed by atoms with E-state index in [1.54, 1.807) is 6.07 Å². The summed E-state index contributed by atoms with van der Waals surface area (Å²) in [6.07, 6.45) is 1.92. The predicted molar refractivity (Wildman–Crippen MR) is 70.9 cm³/mol. The Kier molecular flexibility index (Phi) is 3.12. The average molecular weight is 278 g/mol. The molecule has 1 saturated carbocycles. The molecular formula is C13H14N2O3S. The summed E-state index contributed by atoms with van der Waals surface area (Å²) < 4.78 is 5.15. The van der Waals surface area contributed by atoms with Gasteiger partial charge in [0.1, 0.15) is 0 Å². The van der Waals surface area contributed by atoms with Crippen molar-refractivity contribution in [2.45, 2.75) is 12.8 Å². The third-order valence-corrected chi connectivity index (χ3v) is 4.31. The third-order valence-electron chi connectivity index (χ3n) is 3.42. The average Bonchev–Trinajstić information content (AvgIpc) is 2.87. The highest BCUT2D eigenvalue weighted by atomic mass is 32.1. The molecule has 1 aliphatic carbocycles. The maximum Gasteiger partial charge on any atom is 0.273 e. The van der Waals surface area contributed by atoms with Gasteiger partial charge in [0, 0.05) is 18.0 Å². The summed E-state index contributed by atoms with van der Waals surface area (Å²) in [6, 6.07) is 5.47. The highest BCUT2D eigenvalue weighted by Crippen LogP contribution is 2.44.